The van der Waals surface area contributed by atoms with E-state index in [1.807, 2.05) is 19.1 Å². The first-order chi connectivity index (χ1) is 13.6. The Morgan fingerprint density at radius 3 is 2.61 bits per heavy atom. The van der Waals surface area contributed by atoms with E-state index in [1.54, 1.807) is 19.5 Å². The molecular formula is C22H26N4O2. The molecule has 28 heavy (non-hydrogen) atoms. The van der Waals surface area contributed by atoms with Gasteiger partial charge in [-0.15, -0.1) is 0 Å². The van der Waals surface area contributed by atoms with Crippen molar-refractivity contribution in [3.8, 4) is 5.75 Å². The number of benzene rings is 2. The van der Waals surface area contributed by atoms with Crippen LogP contribution in [0.25, 0.3) is 10.8 Å². The average molecular weight is 378 g/mol. The number of aryl methyl sites for hydroxylation is 1. The number of methoxy groups -OCH3 is 1. The molecule has 2 aromatic carbocycles. The van der Waals surface area contributed by atoms with Crippen LogP contribution in [0.1, 0.15) is 24.5 Å². The summed E-state index contributed by atoms with van der Waals surface area (Å²) in [6, 6.07) is 12.3. The first-order valence-corrected chi connectivity index (χ1v) is 9.49. The van der Waals surface area contributed by atoms with E-state index >= 15 is 0 Å². The van der Waals surface area contributed by atoms with Crippen molar-refractivity contribution >= 4 is 16.8 Å². The molecule has 0 aliphatic heterocycles. The maximum absolute atomic E-state index is 12.1. The van der Waals surface area contributed by atoms with Crippen LogP contribution in [0.5, 0.6) is 5.75 Å². The van der Waals surface area contributed by atoms with Gasteiger partial charge in [-0.2, -0.15) is 0 Å². The van der Waals surface area contributed by atoms with Gasteiger partial charge in [0, 0.05) is 25.0 Å². The number of hydrogen-bond acceptors (Lipinski definition) is 4. The molecule has 6 heteroatoms. The van der Waals surface area contributed by atoms with Gasteiger partial charge in [0.25, 0.3) is 0 Å². The summed E-state index contributed by atoms with van der Waals surface area (Å²) in [4.78, 5) is 20.1. The number of carbonyl (C=O) groups is 1. The Morgan fingerprint density at radius 2 is 1.82 bits per heavy atom. The fraction of sp³-hybridized carbons (Fsp3) is 0.318. The molecule has 2 N–H and O–H groups in total. The monoisotopic (exact) mass is 378 g/mol. The number of urea groups is 1. The lowest BCUT2D eigenvalue weighted by Crippen LogP contribution is -2.42. The Morgan fingerprint density at radius 1 is 1.07 bits per heavy atom. The summed E-state index contributed by atoms with van der Waals surface area (Å²) in [5, 5.41) is 8.22. The summed E-state index contributed by atoms with van der Waals surface area (Å²) < 4.78 is 5.27. The summed E-state index contributed by atoms with van der Waals surface area (Å²) in [6.45, 7) is 2.63. The number of rotatable bonds is 8. The van der Waals surface area contributed by atoms with Gasteiger partial charge in [-0.1, -0.05) is 24.3 Å². The van der Waals surface area contributed by atoms with Gasteiger partial charge < -0.3 is 15.4 Å². The minimum absolute atomic E-state index is 0.0400. The molecule has 3 aromatic rings. The number of amides is 2. The maximum Gasteiger partial charge on any atom is 0.315 e. The van der Waals surface area contributed by atoms with Gasteiger partial charge in [0.05, 0.1) is 7.11 Å². The maximum atomic E-state index is 12.1. The topological polar surface area (TPSA) is 76.1 Å². The fourth-order valence-electron chi connectivity index (χ4n) is 3.16. The quantitative estimate of drug-likeness (QED) is 0.588. The molecule has 1 aromatic heterocycles. The number of ether oxygens (including phenoxy) is 1. The van der Waals surface area contributed by atoms with E-state index in [1.165, 1.54) is 17.3 Å². The molecule has 1 heterocycles. The van der Waals surface area contributed by atoms with Crippen LogP contribution in [0.3, 0.4) is 0 Å². The zero-order chi connectivity index (χ0) is 19.8. The predicted octanol–water partition coefficient (Wildman–Crippen LogP) is 3.50. The van der Waals surface area contributed by atoms with Crippen LogP contribution in [0.2, 0.25) is 0 Å². The van der Waals surface area contributed by atoms with Crippen LogP contribution in [-0.2, 0) is 12.8 Å². The lowest BCUT2D eigenvalue weighted by Gasteiger charge is -2.15. The standard InChI is InChI=1S/C22H26N4O2/c1-16(26-22(27)25-9-3-4-18-13-23-15-24-14-18)10-17-5-6-20-12-21(28-2)8-7-19(20)11-17/h5-8,11-16H,3-4,9-10H2,1-2H3,(H2,25,26,27)/t16-/m1/s1. The van der Waals surface area contributed by atoms with Crippen LogP contribution in [0.4, 0.5) is 4.79 Å². The summed E-state index contributed by atoms with van der Waals surface area (Å²) in [7, 11) is 1.67. The van der Waals surface area contributed by atoms with Crippen LogP contribution >= 0.6 is 0 Å². The van der Waals surface area contributed by atoms with Crippen molar-refractivity contribution in [3.63, 3.8) is 0 Å². The summed E-state index contributed by atoms with van der Waals surface area (Å²) in [6.07, 6.45) is 7.59. The highest BCUT2D eigenvalue weighted by Gasteiger charge is 2.08. The first kappa shape index (κ1) is 19.6. The second-order valence-electron chi connectivity index (χ2n) is 6.90. The normalized spacial score (nSPS) is 11.8. The summed E-state index contributed by atoms with van der Waals surface area (Å²) in [5.74, 6) is 0.853. The van der Waals surface area contributed by atoms with Crippen LogP contribution < -0.4 is 15.4 Å². The molecule has 0 bridgehead atoms. The predicted molar refractivity (Wildman–Crippen MR) is 111 cm³/mol. The minimum Gasteiger partial charge on any atom is -0.497 e. The molecule has 0 aliphatic carbocycles. The zero-order valence-corrected chi connectivity index (χ0v) is 16.3. The third-order valence-corrected chi connectivity index (χ3v) is 4.57. The van der Waals surface area contributed by atoms with Crippen LogP contribution in [-0.4, -0.2) is 35.7 Å². The highest BCUT2D eigenvalue weighted by Crippen LogP contribution is 2.22. The minimum atomic E-state index is -0.137. The highest BCUT2D eigenvalue weighted by atomic mass is 16.5. The Bertz CT molecular complexity index is 915. The molecule has 2 amide bonds. The zero-order valence-electron chi connectivity index (χ0n) is 16.3. The van der Waals surface area contributed by atoms with E-state index in [-0.39, 0.29) is 12.1 Å². The molecule has 0 saturated heterocycles. The van der Waals surface area contributed by atoms with Gasteiger partial charge in [-0.05, 0) is 60.2 Å². The van der Waals surface area contributed by atoms with Gasteiger partial charge in [0.2, 0.25) is 0 Å². The van der Waals surface area contributed by atoms with Gasteiger partial charge in [0.1, 0.15) is 12.1 Å². The van der Waals surface area contributed by atoms with Crippen molar-refractivity contribution in [3.05, 3.63) is 66.2 Å². The molecule has 0 spiro atoms. The SMILES string of the molecule is COc1ccc2cc(C[C@@H](C)NC(=O)NCCCc3cncnc3)ccc2c1. The van der Waals surface area contributed by atoms with E-state index in [0.717, 1.165) is 36.0 Å². The molecule has 0 aliphatic rings. The molecule has 1 atom stereocenters. The molecule has 0 saturated carbocycles. The molecule has 6 nitrogen and oxygen atoms in total. The summed E-state index contributed by atoms with van der Waals surface area (Å²) >= 11 is 0. The van der Waals surface area contributed by atoms with Crippen molar-refractivity contribution in [1.82, 2.24) is 20.6 Å². The number of hydrogen-bond donors (Lipinski definition) is 2. The van der Waals surface area contributed by atoms with Crippen LogP contribution in [0.15, 0.2) is 55.1 Å². The van der Waals surface area contributed by atoms with Gasteiger partial charge >= 0.3 is 6.03 Å². The number of carbonyl (C=O) groups excluding carboxylic acids is 1. The van der Waals surface area contributed by atoms with Gasteiger partial charge in [-0.25, -0.2) is 14.8 Å². The lowest BCUT2D eigenvalue weighted by molar-refractivity contribution is 0.237. The highest BCUT2D eigenvalue weighted by molar-refractivity contribution is 5.84. The second-order valence-corrected chi connectivity index (χ2v) is 6.90. The molecule has 0 fully saturated rings. The summed E-state index contributed by atoms with van der Waals surface area (Å²) in [5.41, 5.74) is 2.27. The van der Waals surface area contributed by atoms with Gasteiger partial charge in [0.15, 0.2) is 0 Å². The molecule has 0 radical (unpaired) electrons. The van der Waals surface area contributed by atoms with Crippen molar-refractivity contribution in [2.24, 2.45) is 0 Å². The molecular weight excluding hydrogens is 352 g/mol. The number of aromatic nitrogens is 2. The van der Waals surface area contributed by atoms with Gasteiger partial charge in [-0.3, -0.25) is 0 Å². The second kappa shape index (κ2) is 9.69. The Balaban J connectivity index is 1.43. The van der Waals surface area contributed by atoms with E-state index in [2.05, 4.69) is 44.9 Å². The van der Waals surface area contributed by atoms with Crippen LogP contribution in [0, 0.1) is 0 Å². The van der Waals surface area contributed by atoms with E-state index in [0.29, 0.717) is 6.54 Å². The van der Waals surface area contributed by atoms with Crippen molar-refractivity contribution < 1.29 is 9.53 Å². The van der Waals surface area contributed by atoms with Crippen molar-refractivity contribution in [1.29, 1.82) is 0 Å². The number of nitrogens with zero attached hydrogens (tertiary/aromatic N) is 2. The molecule has 0 unspecified atom stereocenters. The number of fused-ring (bicyclic) bond motifs is 1. The van der Waals surface area contributed by atoms with E-state index < -0.39 is 0 Å². The lowest BCUT2D eigenvalue weighted by atomic mass is 10.0. The Kier molecular flexibility index (Phi) is 6.78. The Hall–Kier alpha value is -3.15. The van der Waals surface area contributed by atoms with E-state index in [9.17, 15) is 4.79 Å². The van der Waals surface area contributed by atoms with E-state index in [4.69, 9.17) is 4.74 Å². The van der Waals surface area contributed by atoms with Crippen molar-refractivity contribution in [2.45, 2.75) is 32.2 Å². The third kappa shape index (κ3) is 5.67. The Labute approximate surface area is 165 Å². The average Bonchev–Trinajstić information content (AvgIpc) is 2.71. The number of nitrogens with one attached hydrogen (secondary N) is 2. The first-order valence-electron chi connectivity index (χ1n) is 9.49. The fourth-order valence-corrected chi connectivity index (χ4v) is 3.16. The molecule has 146 valence electrons. The third-order valence-electron chi connectivity index (χ3n) is 4.57. The van der Waals surface area contributed by atoms with Crippen molar-refractivity contribution in [2.75, 3.05) is 13.7 Å². The smallest absolute Gasteiger partial charge is 0.315 e. The molecule has 3 rings (SSSR count). The largest absolute Gasteiger partial charge is 0.497 e.